The number of nitrogens with zero attached hydrogens (tertiary/aromatic N) is 1. The molecule has 0 saturated carbocycles. The van der Waals surface area contributed by atoms with Crippen molar-refractivity contribution in [2.45, 2.75) is 19.3 Å². The lowest BCUT2D eigenvalue weighted by Crippen LogP contribution is -2.45. The number of carboxylic acid groups (broad SMARTS) is 1. The number of carboxylic acids is 1. The van der Waals surface area contributed by atoms with Gasteiger partial charge in [0.25, 0.3) is 0 Å². The first-order chi connectivity index (χ1) is 6.98. The standard InChI is InChI=1S/C11H11NO3/c1-6(10(14)15)9(13)11(2)7-3-4-12-8(11)5-7/h3-6H,1-2H3,(H,14,15). The number of aliphatic carboxylic acids is 1. The van der Waals surface area contributed by atoms with E-state index in [0.29, 0.717) is 5.69 Å². The van der Waals surface area contributed by atoms with E-state index >= 15 is 0 Å². The molecule has 1 N–H and O–H groups in total. The summed E-state index contributed by atoms with van der Waals surface area (Å²) in [6, 6.07) is 3.56. The number of ketones is 1. The van der Waals surface area contributed by atoms with Crippen molar-refractivity contribution >= 4 is 11.8 Å². The highest BCUT2D eigenvalue weighted by molar-refractivity contribution is 6.06. The Kier molecular flexibility index (Phi) is 1.89. The predicted octanol–water partition coefficient (Wildman–Crippen LogP) is 0.991. The summed E-state index contributed by atoms with van der Waals surface area (Å²) >= 11 is 0. The number of hydrogen-bond acceptors (Lipinski definition) is 3. The summed E-state index contributed by atoms with van der Waals surface area (Å²) in [5.74, 6) is -2.37. The number of hydrogen-bond donors (Lipinski definition) is 1. The molecule has 0 radical (unpaired) electrons. The molecule has 1 aromatic rings. The average molecular weight is 205 g/mol. The van der Waals surface area contributed by atoms with E-state index in [2.05, 4.69) is 4.98 Å². The van der Waals surface area contributed by atoms with Crippen molar-refractivity contribution in [1.29, 1.82) is 0 Å². The molecular formula is C11H11NO3. The minimum absolute atomic E-state index is 0.296. The minimum Gasteiger partial charge on any atom is -0.481 e. The summed E-state index contributed by atoms with van der Waals surface area (Å²) in [7, 11) is 0. The molecule has 4 heteroatoms. The van der Waals surface area contributed by atoms with Gasteiger partial charge in [-0.2, -0.15) is 0 Å². The Labute approximate surface area is 87.0 Å². The van der Waals surface area contributed by atoms with E-state index in [-0.39, 0.29) is 5.78 Å². The van der Waals surface area contributed by atoms with Crippen LogP contribution in [0.1, 0.15) is 25.1 Å². The lowest BCUT2D eigenvalue weighted by molar-refractivity contribution is -0.146. The summed E-state index contributed by atoms with van der Waals surface area (Å²) in [5.41, 5.74) is 0.718. The van der Waals surface area contributed by atoms with Crippen molar-refractivity contribution in [2.24, 2.45) is 5.92 Å². The number of fused-ring (bicyclic) bond motifs is 2. The molecule has 1 aliphatic carbocycles. The quantitative estimate of drug-likeness (QED) is 0.747. The molecular weight excluding hydrogens is 194 g/mol. The maximum atomic E-state index is 12.0. The number of Topliss-reactive ketones (excluding diaryl/α,β-unsaturated/α-hetero) is 1. The van der Waals surface area contributed by atoms with Gasteiger partial charge in [-0.25, -0.2) is 0 Å². The Bertz CT molecular complexity index is 426. The van der Waals surface area contributed by atoms with E-state index in [1.54, 1.807) is 19.2 Å². The molecule has 2 aliphatic rings. The highest BCUT2D eigenvalue weighted by Crippen LogP contribution is 2.41. The number of carbonyl (C=O) groups is 2. The van der Waals surface area contributed by atoms with Crippen LogP contribution in [-0.2, 0) is 15.0 Å². The maximum absolute atomic E-state index is 12.0. The average Bonchev–Trinajstić information content (AvgIpc) is 2.26. The Hall–Kier alpha value is -1.71. The van der Waals surface area contributed by atoms with E-state index in [1.807, 2.05) is 6.07 Å². The molecule has 0 aromatic carbocycles. The zero-order chi connectivity index (χ0) is 11.2. The fraction of sp³-hybridized carbons (Fsp3) is 0.364. The van der Waals surface area contributed by atoms with Gasteiger partial charge in [0, 0.05) is 6.20 Å². The number of carbonyl (C=O) groups excluding carboxylic acids is 1. The van der Waals surface area contributed by atoms with Crippen molar-refractivity contribution in [3.8, 4) is 0 Å². The van der Waals surface area contributed by atoms with Gasteiger partial charge in [-0.1, -0.05) is 0 Å². The van der Waals surface area contributed by atoms with Crippen molar-refractivity contribution in [3.63, 3.8) is 0 Å². The van der Waals surface area contributed by atoms with Gasteiger partial charge < -0.3 is 5.11 Å². The summed E-state index contributed by atoms with van der Waals surface area (Å²) in [6.45, 7) is 3.14. The first kappa shape index (κ1) is 9.83. The second-order valence-corrected chi connectivity index (χ2v) is 3.98. The molecule has 0 fully saturated rings. The fourth-order valence-electron chi connectivity index (χ4n) is 1.90. The highest BCUT2D eigenvalue weighted by atomic mass is 16.4. The normalized spacial score (nSPS) is 24.1. The topological polar surface area (TPSA) is 67.3 Å². The lowest BCUT2D eigenvalue weighted by atomic mass is 9.65. The summed E-state index contributed by atoms with van der Waals surface area (Å²) in [5, 5.41) is 8.80. The Morgan fingerprint density at radius 2 is 2.20 bits per heavy atom. The first-order valence-electron chi connectivity index (χ1n) is 4.72. The number of aromatic nitrogens is 1. The van der Waals surface area contributed by atoms with Gasteiger partial charge in [-0.3, -0.25) is 14.6 Å². The molecule has 2 bridgehead atoms. The molecule has 4 nitrogen and oxygen atoms in total. The summed E-state index contributed by atoms with van der Waals surface area (Å²) in [6.07, 6.45) is 1.63. The Morgan fingerprint density at radius 1 is 1.53 bits per heavy atom. The van der Waals surface area contributed by atoms with E-state index in [0.717, 1.165) is 5.56 Å². The summed E-state index contributed by atoms with van der Waals surface area (Å²) in [4.78, 5) is 26.8. The molecule has 2 unspecified atom stereocenters. The largest absolute Gasteiger partial charge is 0.481 e. The SMILES string of the molecule is CC(C(=O)O)C(=O)C1(C)c2ccnc1c2. The molecule has 0 saturated heterocycles. The van der Waals surface area contributed by atoms with Crippen LogP contribution in [0.3, 0.4) is 0 Å². The number of pyridine rings is 1. The minimum atomic E-state index is -1.09. The molecule has 1 aromatic heterocycles. The second kappa shape index (κ2) is 2.89. The van der Waals surface area contributed by atoms with Crippen molar-refractivity contribution in [1.82, 2.24) is 4.98 Å². The molecule has 3 rings (SSSR count). The van der Waals surface area contributed by atoms with Gasteiger partial charge in [0.2, 0.25) is 0 Å². The van der Waals surface area contributed by atoms with Crippen LogP contribution in [0.15, 0.2) is 18.3 Å². The smallest absolute Gasteiger partial charge is 0.313 e. The van der Waals surface area contributed by atoms with E-state index < -0.39 is 17.3 Å². The van der Waals surface area contributed by atoms with Crippen LogP contribution in [0, 0.1) is 5.92 Å². The lowest BCUT2D eigenvalue weighted by Gasteiger charge is -2.37. The zero-order valence-electron chi connectivity index (χ0n) is 8.52. The molecule has 0 amide bonds. The van der Waals surface area contributed by atoms with E-state index in [1.165, 1.54) is 6.92 Å². The van der Waals surface area contributed by atoms with Gasteiger partial charge in [-0.15, -0.1) is 0 Å². The molecule has 2 heterocycles. The maximum Gasteiger partial charge on any atom is 0.313 e. The van der Waals surface area contributed by atoms with Crippen LogP contribution < -0.4 is 0 Å². The third kappa shape index (κ3) is 1.11. The Balaban J connectivity index is 2.34. The third-order valence-electron chi connectivity index (χ3n) is 3.11. The van der Waals surface area contributed by atoms with Crippen molar-refractivity contribution in [3.05, 3.63) is 29.6 Å². The molecule has 2 atom stereocenters. The van der Waals surface area contributed by atoms with Crippen LogP contribution in [0.2, 0.25) is 0 Å². The zero-order valence-corrected chi connectivity index (χ0v) is 8.52. The molecule has 15 heavy (non-hydrogen) atoms. The monoisotopic (exact) mass is 205 g/mol. The fourth-order valence-corrected chi connectivity index (χ4v) is 1.90. The van der Waals surface area contributed by atoms with Crippen LogP contribution in [0.5, 0.6) is 0 Å². The molecule has 1 aliphatic heterocycles. The highest BCUT2D eigenvalue weighted by Gasteiger charge is 2.48. The Morgan fingerprint density at radius 3 is 2.60 bits per heavy atom. The van der Waals surface area contributed by atoms with Crippen LogP contribution in [-0.4, -0.2) is 21.8 Å². The van der Waals surface area contributed by atoms with Gasteiger partial charge >= 0.3 is 5.97 Å². The van der Waals surface area contributed by atoms with E-state index in [9.17, 15) is 9.59 Å². The number of rotatable bonds is 3. The predicted molar refractivity (Wildman–Crippen MR) is 52.5 cm³/mol. The van der Waals surface area contributed by atoms with Gasteiger partial charge in [0.1, 0.15) is 5.92 Å². The van der Waals surface area contributed by atoms with Gasteiger partial charge in [-0.05, 0) is 31.5 Å². The van der Waals surface area contributed by atoms with E-state index in [4.69, 9.17) is 5.11 Å². The second-order valence-electron chi connectivity index (χ2n) is 3.98. The van der Waals surface area contributed by atoms with Crippen LogP contribution in [0.25, 0.3) is 0 Å². The van der Waals surface area contributed by atoms with Gasteiger partial charge in [0.15, 0.2) is 5.78 Å². The first-order valence-corrected chi connectivity index (χ1v) is 4.72. The van der Waals surface area contributed by atoms with Crippen molar-refractivity contribution in [2.75, 3.05) is 0 Å². The molecule has 0 spiro atoms. The van der Waals surface area contributed by atoms with Crippen LogP contribution in [0.4, 0.5) is 0 Å². The molecule has 78 valence electrons. The summed E-state index contributed by atoms with van der Waals surface area (Å²) < 4.78 is 0. The van der Waals surface area contributed by atoms with Gasteiger partial charge in [0.05, 0.1) is 11.1 Å². The third-order valence-corrected chi connectivity index (χ3v) is 3.11. The van der Waals surface area contributed by atoms with Crippen LogP contribution >= 0.6 is 0 Å². The van der Waals surface area contributed by atoms with Crippen molar-refractivity contribution < 1.29 is 14.7 Å².